The van der Waals surface area contributed by atoms with Gasteiger partial charge in [-0.1, -0.05) is 44.2 Å². The fourth-order valence-corrected chi connectivity index (χ4v) is 2.84. The smallest absolute Gasteiger partial charge is 0.240 e. The summed E-state index contributed by atoms with van der Waals surface area (Å²) in [4.78, 5) is 25.3. The number of ether oxygens (including phenoxy) is 1. The highest BCUT2D eigenvalue weighted by molar-refractivity contribution is 6.13. The van der Waals surface area contributed by atoms with Crippen LogP contribution in [0.1, 0.15) is 33.1 Å². The molecule has 3 rings (SSSR count). The van der Waals surface area contributed by atoms with E-state index >= 15 is 0 Å². The van der Waals surface area contributed by atoms with Gasteiger partial charge in [-0.2, -0.15) is 0 Å². The van der Waals surface area contributed by atoms with Gasteiger partial charge >= 0.3 is 0 Å². The number of carbonyl (C=O) groups is 2. The van der Waals surface area contributed by atoms with Crippen LogP contribution in [-0.4, -0.2) is 18.4 Å². The van der Waals surface area contributed by atoms with Crippen LogP contribution in [-0.2, 0) is 9.59 Å². The van der Waals surface area contributed by atoms with E-state index in [2.05, 4.69) is 24.5 Å². The first-order valence-electron chi connectivity index (χ1n) is 9.43. The number of carbonyl (C=O) groups excluding carboxylic acids is 2. The van der Waals surface area contributed by atoms with Gasteiger partial charge in [-0.05, 0) is 49.4 Å². The van der Waals surface area contributed by atoms with E-state index in [0.717, 1.165) is 6.42 Å². The summed E-state index contributed by atoms with van der Waals surface area (Å²) in [5.41, 5.74) is -0.385. The Morgan fingerprint density at radius 1 is 1.00 bits per heavy atom. The lowest BCUT2D eigenvalue weighted by Crippen LogP contribution is -2.40. The molecule has 1 aliphatic carbocycles. The Bertz CT molecular complexity index is 798. The van der Waals surface area contributed by atoms with Crippen molar-refractivity contribution >= 4 is 17.5 Å². The maximum absolute atomic E-state index is 12.8. The summed E-state index contributed by atoms with van der Waals surface area (Å²) >= 11 is 0. The lowest BCUT2D eigenvalue weighted by Gasteiger charge is -2.17. The van der Waals surface area contributed by atoms with Gasteiger partial charge in [0.15, 0.2) is 5.75 Å². The van der Waals surface area contributed by atoms with Gasteiger partial charge in [0.2, 0.25) is 11.8 Å². The maximum Gasteiger partial charge on any atom is 0.240 e. The summed E-state index contributed by atoms with van der Waals surface area (Å²) in [5.74, 6) is 1.30. The van der Waals surface area contributed by atoms with Crippen molar-refractivity contribution in [3.8, 4) is 11.5 Å². The molecule has 2 aromatic carbocycles. The van der Waals surface area contributed by atoms with Gasteiger partial charge in [0.1, 0.15) is 11.2 Å². The summed E-state index contributed by atoms with van der Waals surface area (Å²) in [7, 11) is 0. The van der Waals surface area contributed by atoms with Gasteiger partial charge in [0.05, 0.1) is 5.69 Å². The molecule has 0 aromatic heterocycles. The molecule has 2 aromatic rings. The molecule has 1 fully saturated rings. The molecule has 0 bridgehead atoms. The van der Waals surface area contributed by atoms with Crippen molar-refractivity contribution in [1.82, 2.24) is 5.32 Å². The standard InChI is InChI=1S/C22H26N2O3/c1-16(2)12-15-23-20(25)22(13-14-22)21(26)24-18-10-6-7-11-19(18)27-17-8-4-3-5-9-17/h3-11,16H,12-15H2,1-2H3,(H,23,25)(H,24,26). The molecule has 2 N–H and O–H groups in total. The van der Waals surface area contributed by atoms with Crippen LogP contribution in [0.3, 0.4) is 0 Å². The van der Waals surface area contributed by atoms with Gasteiger partial charge in [-0.15, -0.1) is 0 Å². The number of benzene rings is 2. The summed E-state index contributed by atoms with van der Waals surface area (Å²) in [6.07, 6.45) is 2.05. The summed E-state index contributed by atoms with van der Waals surface area (Å²) in [5, 5.41) is 5.80. The zero-order chi connectivity index (χ0) is 19.3. The van der Waals surface area contributed by atoms with E-state index in [1.807, 2.05) is 42.5 Å². The van der Waals surface area contributed by atoms with E-state index in [1.165, 1.54) is 0 Å². The minimum atomic E-state index is -0.948. The van der Waals surface area contributed by atoms with Crippen LogP contribution < -0.4 is 15.4 Å². The number of amides is 2. The third-order valence-electron chi connectivity index (χ3n) is 4.73. The zero-order valence-electron chi connectivity index (χ0n) is 15.8. The van der Waals surface area contributed by atoms with Gasteiger partial charge in [0, 0.05) is 6.54 Å². The van der Waals surface area contributed by atoms with Gasteiger partial charge < -0.3 is 15.4 Å². The fourth-order valence-electron chi connectivity index (χ4n) is 2.84. The molecule has 1 saturated carbocycles. The summed E-state index contributed by atoms with van der Waals surface area (Å²) in [6.45, 7) is 4.81. The van der Waals surface area contributed by atoms with Crippen molar-refractivity contribution in [2.24, 2.45) is 11.3 Å². The molecule has 5 heteroatoms. The number of hydrogen-bond donors (Lipinski definition) is 2. The topological polar surface area (TPSA) is 67.4 Å². The minimum absolute atomic E-state index is 0.179. The molecule has 0 spiro atoms. The van der Waals surface area contributed by atoms with Crippen LogP contribution in [0, 0.1) is 11.3 Å². The van der Waals surface area contributed by atoms with Crippen molar-refractivity contribution in [3.05, 3.63) is 54.6 Å². The third kappa shape index (κ3) is 4.67. The van der Waals surface area contributed by atoms with E-state index in [1.54, 1.807) is 12.1 Å². The SMILES string of the molecule is CC(C)CCNC(=O)C1(C(=O)Nc2ccccc2Oc2ccccc2)CC1. The molecule has 0 unspecified atom stereocenters. The Kier molecular flexibility index (Phi) is 5.79. The van der Waals surface area contributed by atoms with Crippen molar-refractivity contribution in [1.29, 1.82) is 0 Å². The second-order valence-electron chi connectivity index (χ2n) is 7.39. The number of anilines is 1. The molecule has 1 aliphatic rings. The van der Waals surface area contributed by atoms with Crippen LogP contribution >= 0.6 is 0 Å². The molecular weight excluding hydrogens is 340 g/mol. The first kappa shape index (κ1) is 19.0. The highest BCUT2D eigenvalue weighted by atomic mass is 16.5. The Morgan fingerprint density at radius 3 is 2.33 bits per heavy atom. The predicted octanol–water partition coefficient (Wildman–Crippen LogP) is 4.36. The highest BCUT2D eigenvalue weighted by Gasteiger charge is 2.56. The molecule has 0 aliphatic heterocycles. The van der Waals surface area contributed by atoms with Crippen molar-refractivity contribution in [2.45, 2.75) is 33.1 Å². The van der Waals surface area contributed by atoms with Gasteiger partial charge in [-0.3, -0.25) is 9.59 Å². The molecule has 0 radical (unpaired) electrons. The van der Waals surface area contributed by atoms with Crippen molar-refractivity contribution in [3.63, 3.8) is 0 Å². The zero-order valence-corrected chi connectivity index (χ0v) is 15.8. The van der Waals surface area contributed by atoms with Crippen molar-refractivity contribution in [2.75, 3.05) is 11.9 Å². The van der Waals surface area contributed by atoms with E-state index in [9.17, 15) is 9.59 Å². The Labute approximate surface area is 160 Å². The van der Waals surface area contributed by atoms with Crippen LogP contribution in [0.15, 0.2) is 54.6 Å². The van der Waals surface area contributed by atoms with Crippen LogP contribution in [0.2, 0.25) is 0 Å². The first-order chi connectivity index (χ1) is 13.0. The first-order valence-corrected chi connectivity index (χ1v) is 9.43. The van der Waals surface area contributed by atoms with Crippen molar-refractivity contribution < 1.29 is 14.3 Å². The summed E-state index contributed by atoms with van der Waals surface area (Å²) in [6, 6.07) is 16.6. The molecule has 0 atom stereocenters. The number of hydrogen-bond acceptors (Lipinski definition) is 3. The van der Waals surface area contributed by atoms with E-state index in [-0.39, 0.29) is 11.8 Å². The Morgan fingerprint density at radius 2 is 1.67 bits per heavy atom. The molecule has 142 valence electrons. The largest absolute Gasteiger partial charge is 0.455 e. The number of para-hydroxylation sites is 3. The predicted molar refractivity (Wildman–Crippen MR) is 106 cm³/mol. The van der Waals surface area contributed by atoms with Gasteiger partial charge in [0.25, 0.3) is 0 Å². The normalized spacial score (nSPS) is 14.5. The average Bonchev–Trinajstić information content (AvgIpc) is 3.46. The molecule has 0 saturated heterocycles. The molecule has 27 heavy (non-hydrogen) atoms. The second-order valence-corrected chi connectivity index (χ2v) is 7.39. The van der Waals surface area contributed by atoms with E-state index in [4.69, 9.17) is 4.74 Å². The monoisotopic (exact) mass is 366 g/mol. The average molecular weight is 366 g/mol. The molecule has 0 heterocycles. The van der Waals surface area contributed by atoms with Gasteiger partial charge in [-0.25, -0.2) is 0 Å². The lowest BCUT2D eigenvalue weighted by atomic mass is 10.0. The van der Waals surface area contributed by atoms with E-state index < -0.39 is 5.41 Å². The molecule has 5 nitrogen and oxygen atoms in total. The maximum atomic E-state index is 12.8. The van der Waals surface area contributed by atoms with Crippen LogP contribution in [0.5, 0.6) is 11.5 Å². The van der Waals surface area contributed by atoms with E-state index in [0.29, 0.717) is 42.5 Å². The Hall–Kier alpha value is -2.82. The third-order valence-corrected chi connectivity index (χ3v) is 4.73. The fraction of sp³-hybridized carbons (Fsp3) is 0.364. The Balaban J connectivity index is 1.66. The quantitative estimate of drug-likeness (QED) is 0.682. The van der Waals surface area contributed by atoms with Crippen LogP contribution in [0.4, 0.5) is 5.69 Å². The van der Waals surface area contributed by atoms with Crippen LogP contribution in [0.25, 0.3) is 0 Å². The molecule has 2 amide bonds. The lowest BCUT2D eigenvalue weighted by molar-refractivity contribution is -0.134. The minimum Gasteiger partial charge on any atom is -0.455 e. The summed E-state index contributed by atoms with van der Waals surface area (Å²) < 4.78 is 5.88. The number of rotatable bonds is 8. The second kappa shape index (κ2) is 8.25. The highest BCUT2D eigenvalue weighted by Crippen LogP contribution is 2.47. The molecular formula is C22H26N2O3. The number of nitrogens with one attached hydrogen (secondary N) is 2.